The predicted molar refractivity (Wildman–Crippen MR) is 91.6 cm³/mol. The average Bonchev–Trinajstić information content (AvgIpc) is 3.17. The summed E-state index contributed by atoms with van der Waals surface area (Å²) in [4.78, 5) is 16.0. The maximum Gasteiger partial charge on any atom is 0.287 e. The normalized spacial score (nSPS) is 12.5. The first-order valence-corrected chi connectivity index (χ1v) is 9.24. The van der Waals surface area contributed by atoms with Gasteiger partial charge in [0.25, 0.3) is 5.91 Å². The van der Waals surface area contributed by atoms with E-state index in [2.05, 4.69) is 10.3 Å². The van der Waals surface area contributed by atoms with Crippen LogP contribution < -0.4 is 5.32 Å². The molecular weight excluding hydrogens is 359 g/mol. The van der Waals surface area contributed by atoms with E-state index in [1.807, 2.05) is 0 Å². The Hall–Kier alpha value is -3.00. The fourth-order valence-electron chi connectivity index (χ4n) is 2.44. The van der Waals surface area contributed by atoms with E-state index >= 15 is 0 Å². The number of hydrogen-bond acceptors (Lipinski definition) is 5. The van der Waals surface area contributed by atoms with Gasteiger partial charge in [-0.05, 0) is 48.0 Å². The minimum absolute atomic E-state index is 0.0417. The van der Waals surface area contributed by atoms with E-state index < -0.39 is 26.8 Å². The first-order chi connectivity index (χ1) is 12.5. The lowest BCUT2D eigenvalue weighted by molar-refractivity contribution is 0.0926. The van der Waals surface area contributed by atoms with E-state index in [0.29, 0.717) is 5.56 Å². The van der Waals surface area contributed by atoms with Crippen LogP contribution in [0.15, 0.2) is 76.5 Å². The zero-order valence-corrected chi connectivity index (χ0v) is 14.3. The highest BCUT2D eigenvalue weighted by molar-refractivity contribution is 7.91. The Bertz CT molecular complexity index is 972. The summed E-state index contributed by atoms with van der Waals surface area (Å²) in [5.41, 5.74) is 0.413. The lowest BCUT2D eigenvalue weighted by Gasteiger charge is -2.18. The van der Waals surface area contributed by atoms with Crippen molar-refractivity contribution in [2.75, 3.05) is 6.54 Å². The van der Waals surface area contributed by atoms with Crippen molar-refractivity contribution in [3.8, 4) is 0 Å². The molecule has 0 aliphatic heterocycles. The van der Waals surface area contributed by atoms with Crippen LogP contribution in [0, 0.1) is 5.82 Å². The van der Waals surface area contributed by atoms with Gasteiger partial charge in [-0.3, -0.25) is 9.78 Å². The lowest BCUT2D eigenvalue weighted by atomic mass is 10.2. The molecule has 134 valence electrons. The summed E-state index contributed by atoms with van der Waals surface area (Å²) < 4.78 is 44.2. The number of rotatable bonds is 6. The number of pyridine rings is 1. The van der Waals surface area contributed by atoms with E-state index in [4.69, 9.17) is 4.42 Å². The van der Waals surface area contributed by atoms with Crippen LogP contribution in [0.5, 0.6) is 0 Å². The molecule has 0 aliphatic rings. The molecule has 0 saturated carbocycles. The fourth-order valence-corrected chi connectivity index (χ4v) is 4.09. The Morgan fingerprint density at radius 2 is 1.92 bits per heavy atom. The topological polar surface area (TPSA) is 89.3 Å². The molecule has 0 radical (unpaired) electrons. The average molecular weight is 374 g/mol. The molecule has 2 heterocycles. The van der Waals surface area contributed by atoms with Crippen molar-refractivity contribution < 1.29 is 22.0 Å². The van der Waals surface area contributed by atoms with Crippen LogP contribution in [-0.4, -0.2) is 25.9 Å². The van der Waals surface area contributed by atoms with Gasteiger partial charge < -0.3 is 9.73 Å². The highest BCUT2D eigenvalue weighted by Gasteiger charge is 2.30. The third-order valence-corrected chi connectivity index (χ3v) is 5.88. The number of hydrogen-bond donors (Lipinski definition) is 1. The number of furan rings is 1. The summed E-state index contributed by atoms with van der Waals surface area (Å²) in [7, 11) is -3.89. The summed E-state index contributed by atoms with van der Waals surface area (Å²) in [6, 6.07) is 10.8. The van der Waals surface area contributed by atoms with Crippen molar-refractivity contribution in [3.05, 3.63) is 84.3 Å². The Kier molecular flexibility index (Phi) is 5.13. The number of carbonyl (C=O) groups excluding carboxylic acids is 1. The number of carbonyl (C=O) groups is 1. The van der Waals surface area contributed by atoms with Crippen molar-refractivity contribution in [3.63, 3.8) is 0 Å². The number of nitrogens with zero attached hydrogens (tertiary/aromatic N) is 1. The molecule has 8 heteroatoms. The van der Waals surface area contributed by atoms with Crippen molar-refractivity contribution >= 4 is 15.7 Å². The van der Waals surface area contributed by atoms with E-state index in [0.717, 1.165) is 12.1 Å². The number of aromatic nitrogens is 1. The van der Waals surface area contributed by atoms with Gasteiger partial charge in [-0.15, -0.1) is 0 Å². The SMILES string of the molecule is O=C(NC[C@H](c1cccnc1)S(=O)(=O)c1ccc(F)cc1)c1ccco1. The number of amides is 1. The number of nitrogens with one attached hydrogen (secondary N) is 1. The lowest BCUT2D eigenvalue weighted by Crippen LogP contribution is -2.31. The molecule has 2 aromatic heterocycles. The first kappa shape index (κ1) is 17.8. The largest absolute Gasteiger partial charge is 0.459 e. The van der Waals surface area contributed by atoms with Crippen LogP contribution in [-0.2, 0) is 9.84 Å². The van der Waals surface area contributed by atoms with Gasteiger partial charge in [0.1, 0.15) is 11.1 Å². The minimum Gasteiger partial charge on any atom is -0.459 e. The third kappa shape index (κ3) is 3.80. The summed E-state index contributed by atoms with van der Waals surface area (Å²) in [5, 5.41) is 1.47. The highest BCUT2D eigenvalue weighted by Crippen LogP contribution is 2.28. The smallest absolute Gasteiger partial charge is 0.287 e. The van der Waals surface area contributed by atoms with Crippen LogP contribution in [0.4, 0.5) is 4.39 Å². The van der Waals surface area contributed by atoms with Gasteiger partial charge >= 0.3 is 0 Å². The van der Waals surface area contributed by atoms with Gasteiger partial charge in [0, 0.05) is 18.9 Å². The maximum absolute atomic E-state index is 13.1. The summed E-state index contributed by atoms with van der Waals surface area (Å²) in [5.74, 6) is -0.986. The second kappa shape index (κ2) is 7.49. The zero-order valence-electron chi connectivity index (χ0n) is 13.5. The molecule has 0 bridgehead atoms. The molecule has 0 unspecified atom stereocenters. The second-order valence-corrected chi connectivity index (χ2v) is 7.59. The predicted octanol–water partition coefficient (Wildman–Crippen LogP) is 2.76. The monoisotopic (exact) mass is 374 g/mol. The molecule has 3 rings (SSSR count). The van der Waals surface area contributed by atoms with E-state index in [-0.39, 0.29) is 17.2 Å². The van der Waals surface area contributed by atoms with Crippen LogP contribution in [0.1, 0.15) is 21.4 Å². The van der Waals surface area contributed by atoms with Crippen molar-refractivity contribution in [1.29, 1.82) is 0 Å². The maximum atomic E-state index is 13.1. The van der Waals surface area contributed by atoms with E-state index in [1.54, 1.807) is 18.2 Å². The van der Waals surface area contributed by atoms with E-state index in [9.17, 15) is 17.6 Å². The van der Waals surface area contributed by atoms with Crippen LogP contribution in [0.3, 0.4) is 0 Å². The Morgan fingerprint density at radius 3 is 2.54 bits per heavy atom. The molecule has 0 saturated heterocycles. The molecule has 26 heavy (non-hydrogen) atoms. The molecule has 6 nitrogen and oxygen atoms in total. The molecule has 0 spiro atoms. The molecule has 1 atom stereocenters. The van der Waals surface area contributed by atoms with Crippen LogP contribution in [0.25, 0.3) is 0 Å². The fraction of sp³-hybridized carbons (Fsp3) is 0.111. The molecule has 1 N–H and O–H groups in total. The van der Waals surface area contributed by atoms with E-state index in [1.165, 1.54) is 36.9 Å². The summed E-state index contributed by atoms with van der Waals surface area (Å²) in [6.07, 6.45) is 4.29. The molecule has 0 aliphatic carbocycles. The Labute approximate surface area is 149 Å². The molecular formula is C18H15FN2O4S. The molecule has 1 amide bonds. The number of halogens is 1. The summed E-state index contributed by atoms with van der Waals surface area (Å²) in [6.45, 7) is -0.190. The summed E-state index contributed by atoms with van der Waals surface area (Å²) >= 11 is 0. The highest BCUT2D eigenvalue weighted by atomic mass is 32.2. The van der Waals surface area contributed by atoms with Crippen LogP contribution in [0.2, 0.25) is 0 Å². The van der Waals surface area contributed by atoms with Gasteiger partial charge in [-0.25, -0.2) is 12.8 Å². The number of sulfone groups is 1. The van der Waals surface area contributed by atoms with Gasteiger partial charge in [-0.1, -0.05) is 6.07 Å². The van der Waals surface area contributed by atoms with Crippen molar-refractivity contribution in [2.24, 2.45) is 0 Å². The minimum atomic E-state index is -3.89. The van der Waals surface area contributed by atoms with Gasteiger partial charge in [0.05, 0.1) is 11.2 Å². The molecule has 0 fully saturated rings. The molecule has 3 aromatic rings. The third-order valence-electron chi connectivity index (χ3n) is 3.77. The van der Waals surface area contributed by atoms with Gasteiger partial charge in [0.15, 0.2) is 15.6 Å². The standard InChI is InChI=1S/C18H15FN2O4S/c19-14-5-7-15(8-6-14)26(23,24)17(13-3-1-9-20-11-13)12-21-18(22)16-4-2-10-25-16/h1-11,17H,12H2,(H,21,22)/t17-/m1/s1. The Balaban J connectivity index is 1.91. The van der Waals surface area contributed by atoms with Gasteiger partial charge in [-0.2, -0.15) is 0 Å². The van der Waals surface area contributed by atoms with Crippen molar-refractivity contribution in [1.82, 2.24) is 10.3 Å². The van der Waals surface area contributed by atoms with Gasteiger partial charge in [0.2, 0.25) is 0 Å². The first-order valence-electron chi connectivity index (χ1n) is 7.69. The number of benzene rings is 1. The second-order valence-electron chi connectivity index (χ2n) is 5.46. The van der Waals surface area contributed by atoms with Crippen molar-refractivity contribution in [2.45, 2.75) is 10.1 Å². The quantitative estimate of drug-likeness (QED) is 0.670. The zero-order chi connectivity index (χ0) is 18.6. The Morgan fingerprint density at radius 1 is 1.15 bits per heavy atom. The van der Waals surface area contributed by atoms with Crippen LogP contribution >= 0.6 is 0 Å². The molecule has 1 aromatic carbocycles.